The molecule has 0 saturated carbocycles. The van der Waals surface area contributed by atoms with E-state index in [1.165, 1.54) is 18.2 Å². The highest BCUT2D eigenvalue weighted by Gasteiger charge is 2.05. The van der Waals surface area contributed by atoms with Crippen molar-refractivity contribution < 1.29 is 9.18 Å². The Morgan fingerprint density at radius 3 is 2.25 bits per heavy atom. The molecule has 0 aliphatic carbocycles. The number of hydrogen-bond acceptors (Lipinski definition) is 2. The summed E-state index contributed by atoms with van der Waals surface area (Å²) >= 11 is 6.11. The molecule has 0 aromatic heterocycles. The van der Waals surface area contributed by atoms with E-state index in [4.69, 9.17) is 0 Å². The minimum atomic E-state index is -0.404. The van der Waals surface area contributed by atoms with Crippen LogP contribution in [0.2, 0.25) is 0 Å². The molecule has 0 bridgehead atoms. The summed E-state index contributed by atoms with van der Waals surface area (Å²) in [5.41, 5.74) is 0.339. The topological polar surface area (TPSA) is 29.4 Å². The molecule has 0 fully saturated rings. The molecule has 0 spiro atoms. The predicted octanol–water partition coefficient (Wildman–Crippen LogP) is 3.32. The van der Waals surface area contributed by atoms with Crippen molar-refractivity contribution in [3.05, 3.63) is 26.9 Å². The Morgan fingerprint density at radius 2 is 1.83 bits per heavy atom. The Hall–Kier alpha value is -0.510. The lowest BCUT2D eigenvalue weighted by Crippen LogP contribution is -1.77. The van der Waals surface area contributed by atoms with Crippen molar-refractivity contribution in [1.82, 2.24) is 0 Å². The fraction of sp³-hybridized carbons (Fsp3) is 0. The second-order valence-corrected chi connectivity index (χ2v) is 3.63. The molecule has 0 unspecified atom stereocenters. The van der Waals surface area contributed by atoms with Crippen LogP contribution in [0.5, 0.6) is 0 Å². The Bertz CT molecular complexity index is 337. The minimum absolute atomic E-state index is 0.339. The first kappa shape index (κ1) is 9.58. The third kappa shape index (κ3) is 2.00. The second-order valence-electron chi connectivity index (χ2n) is 1.92. The van der Waals surface area contributed by atoms with E-state index in [1.54, 1.807) is 0 Å². The molecule has 0 saturated heterocycles. The standard InChI is InChI=1S/C7H2Br2FNO/c8-5-1-4(10)2-6(9)7(5)11-3-12/h1-2H. The fourth-order valence-corrected chi connectivity index (χ4v) is 1.99. The van der Waals surface area contributed by atoms with Crippen LogP contribution in [0, 0.1) is 5.82 Å². The zero-order chi connectivity index (χ0) is 9.14. The number of carbonyl (C=O) groups excluding carboxylic acids is 1. The van der Waals surface area contributed by atoms with Crippen LogP contribution in [0.4, 0.5) is 10.1 Å². The molecule has 0 amide bonds. The molecule has 12 heavy (non-hydrogen) atoms. The Labute approximate surface area is 84.8 Å². The first-order valence-corrected chi connectivity index (χ1v) is 4.46. The number of halogens is 3. The molecular weight excluding hydrogens is 293 g/mol. The van der Waals surface area contributed by atoms with Gasteiger partial charge in [0, 0.05) is 8.95 Å². The van der Waals surface area contributed by atoms with Crippen LogP contribution >= 0.6 is 31.9 Å². The molecular formula is C7H2Br2FNO. The first-order valence-electron chi connectivity index (χ1n) is 2.87. The van der Waals surface area contributed by atoms with E-state index < -0.39 is 5.82 Å². The highest BCUT2D eigenvalue weighted by atomic mass is 79.9. The summed E-state index contributed by atoms with van der Waals surface area (Å²) < 4.78 is 13.5. The molecule has 2 nitrogen and oxygen atoms in total. The molecule has 1 rings (SSSR count). The zero-order valence-electron chi connectivity index (χ0n) is 5.64. The summed E-state index contributed by atoms with van der Waals surface area (Å²) in [5.74, 6) is -0.404. The highest BCUT2D eigenvalue weighted by molar-refractivity contribution is 9.11. The van der Waals surface area contributed by atoms with Gasteiger partial charge in [0.05, 0.1) is 0 Å². The largest absolute Gasteiger partial charge is 0.240 e. The summed E-state index contributed by atoms with van der Waals surface area (Å²) in [6.45, 7) is 0. The number of aliphatic imine (C=N–C) groups is 1. The van der Waals surface area contributed by atoms with Crippen molar-refractivity contribution in [2.45, 2.75) is 0 Å². The van der Waals surface area contributed by atoms with Gasteiger partial charge < -0.3 is 0 Å². The lowest BCUT2D eigenvalue weighted by atomic mass is 10.3. The SMILES string of the molecule is O=C=Nc1c(Br)cc(F)cc1Br. The first-order chi connectivity index (χ1) is 5.65. The van der Waals surface area contributed by atoms with E-state index in [9.17, 15) is 9.18 Å². The molecule has 0 aliphatic heterocycles. The molecule has 0 N–H and O–H groups in total. The summed E-state index contributed by atoms with van der Waals surface area (Å²) in [4.78, 5) is 13.3. The molecule has 62 valence electrons. The van der Waals surface area contributed by atoms with Crippen molar-refractivity contribution in [1.29, 1.82) is 0 Å². The van der Waals surface area contributed by atoms with E-state index in [0.29, 0.717) is 14.6 Å². The number of nitrogens with zero attached hydrogens (tertiary/aromatic N) is 1. The van der Waals surface area contributed by atoms with Crippen molar-refractivity contribution in [2.24, 2.45) is 4.99 Å². The third-order valence-corrected chi connectivity index (χ3v) is 2.35. The van der Waals surface area contributed by atoms with E-state index in [-0.39, 0.29) is 0 Å². The fourth-order valence-electron chi connectivity index (χ4n) is 0.687. The van der Waals surface area contributed by atoms with Crippen molar-refractivity contribution in [3.63, 3.8) is 0 Å². The van der Waals surface area contributed by atoms with Gasteiger partial charge in [0.15, 0.2) is 0 Å². The van der Waals surface area contributed by atoms with Crippen molar-refractivity contribution in [3.8, 4) is 0 Å². The maximum atomic E-state index is 12.6. The van der Waals surface area contributed by atoms with Crippen molar-refractivity contribution in [2.75, 3.05) is 0 Å². The maximum absolute atomic E-state index is 12.6. The predicted molar refractivity (Wildman–Crippen MR) is 49.6 cm³/mol. The number of rotatable bonds is 1. The Kier molecular flexibility index (Phi) is 3.14. The second kappa shape index (κ2) is 3.94. The van der Waals surface area contributed by atoms with Crippen molar-refractivity contribution >= 4 is 43.6 Å². The van der Waals surface area contributed by atoms with Gasteiger partial charge in [-0.05, 0) is 44.0 Å². The van der Waals surface area contributed by atoms with E-state index in [1.807, 2.05) is 0 Å². The number of hydrogen-bond donors (Lipinski definition) is 0. The highest BCUT2D eigenvalue weighted by Crippen LogP contribution is 2.33. The van der Waals surface area contributed by atoms with Gasteiger partial charge in [-0.15, -0.1) is 0 Å². The van der Waals surface area contributed by atoms with Gasteiger partial charge in [0.25, 0.3) is 0 Å². The lowest BCUT2D eigenvalue weighted by Gasteiger charge is -1.98. The van der Waals surface area contributed by atoms with Crippen LogP contribution in [0.3, 0.4) is 0 Å². The third-order valence-electron chi connectivity index (χ3n) is 1.14. The Morgan fingerprint density at radius 1 is 1.33 bits per heavy atom. The summed E-state index contributed by atoms with van der Waals surface area (Å²) in [6, 6.07) is 2.45. The quantitative estimate of drug-likeness (QED) is 0.577. The van der Waals surface area contributed by atoms with Crippen LogP contribution in [0.1, 0.15) is 0 Å². The average molecular weight is 295 g/mol. The summed E-state index contributed by atoms with van der Waals surface area (Å²) in [6.07, 6.45) is 1.38. The van der Waals surface area contributed by atoms with Gasteiger partial charge in [0.2, 0.25) is 6.08 Å². The van der Waals surface area contributed by atoms with Gasteiger partial charge >= 0.3 is 0 Å². The van der Waals surface area contributed by atoms with E-state index >= 15 is 0 Å². The normalized spacial score (nSPS) is 9.25. The van der Waals surface area contributed by atoms with Crippen LogP contribution in [0.15, 0.2) is 26.1 Å². The number of benzene rings is 1. The average Bonchev–Trinajstić information content (AvgIpc) is 1.96. The molecule has 1 aromatic carbocycles. The molecule has 1 aromatic rings. The summed E-state index contributed by atoms with van der Waals surface area (Å²) in [7, 11) is 0. The van der Waals surface area contributed by atoms with Crippen LogP contribution in [0.25, 0.3) is 0 Å². The lowest BCUT2D eigenvalue weighted by molar-refractivity contribution is 0.565. The monoisotopic (exact) mass is 293 g/mol. The van der Waals surface area contributed by atoms with E-state index in [2.05, 4.69) is 36.9 Å². The van der Waals surface area contributed by atoms with Gasteiger partial charge in [0.1, 0.15) is 11.5 Å². The van der Waals surface area contributed by atoms with E-state index in [0.717, 1.165) is 0 Å². The smallest absolute Gasteiger partial charge is 0.211 e. The van der Waals surface area contributed by atoms with Gasteiger partial charge in [-0.3, -0.25) is 0 Å². The maximum Gasteiger partial charge on any atom is 0.240 e. The van der Waals surface area contributed by atoms with Crippen LogP contribution < -0.4 is 0 Å². The molecule has 0 heterocycles. The number of isocyanates is 1. The molecule has 0 radical (unpaired) electrons. The molecule has 5 heteroatoms. The summed E-state index contributed by atoms with van der Waals surface area (Å²) in [5, 5.41) is 0. The van der Waals surface area contributed by atoms with Gasteiger partial charge in [-0.2, -0.15) is 4.99 Å². The van der Waals surface area contributed by atoms with Crippen LogP contribution in [-0.2, 0) is 4.79 Å². The van der Waals surface area contributed by atoms with Gasteiger partial charge in [-0.1, -0.05) is 0 Å². The minimum Gasteiger partial charge on any atom is -0.211 e. The Balaban J connectivity index is 3.37. The molecule has 0 atom stereocenters. The zero-order valence-corrected chi connectivity index (χ0v) is 8.82. The van der Waals surface area contributed by atoms with Gasteiger partial charge in [-0.25, -0.2) is 9.18 Å². The van der Waals surface area contributed by atoms with Crippen LogP contribution in [-0.4, -0.2) is 6.08 Å². The molecule has 0 aliphatic rings.